The average molecular weight is 366 g/mol. The van der Waals surface area contributed by atoms with Gasteiger partial charge < -0.3 is 14.8 Å². The molecule has 140 valence electrons. The summed E-state index contributed by atoms with van der Waals surface area (Å²) in [6.07, 6.45) is 2.51. The van der Waals surface area contributed by atoms with Crippen LogP contribution in [0.5, 0.6) is 11.5 Å². The van der Waals surface area contributed by atoms with E-state index >= 15 is 0 Å². The van der Waals surface area contributed by atoms with Crippen LogP contribution in [0, 0.1) is 0 Å². The van der Waals surface area contributed by atoms with Gasteiger partial charge in [0.15, 0.2) is 6.10 Å². The van der Waals surface area contributed by atoms with E-state index in [1.54, 1.807) is 49.3 Å². The van der Waals surface area contributed by atoms with Gasteiger partial charge >= 0.3 is 0 Å². The number of hydrogen-bond acceptors (Lipinski definition) is 5. The first-order valence-electron chi connectivity index (χ1n) is 8.63. The van der Waals surface area contributed by atoms with E-state index in [1.807, 2.05) is 31.2 Å². The smallest absolute Gasteiger partial charge is 0.261 e. The molecule has 0 bridgehead atoms. The van der Waals surface area contributed by atoms with Gasteiger partial charge in [-0.1, -0.05) is 12.1 Å². The van der Waals surface area contributed by atoms with Crippen molar-refractivity contribution in [3.05, 3.63) is 66.7 Å². The number of rotatable bonds is 7. The Labute approximate surface area is 158 Å². The first-order valence-corrected chi connectivity index (χ1v) is 8.63. The third-order valence-corrected chi connectivity index (χ3v) is 4.18. The molecular weight excluding hydrogens is 344 g/mol. The summed E-state index contributed by atoms with van der Waals surface area (Å²) in [7, 11) is 1.60. The Kier molecular flexibility index (Phi) is 5.71. The average Bonchev–Trinajstić information content (AvgIpc) is 3.23. The Bertz CT molecular complexity index is 861. The normalized spacial score (nSPS) is 12.9. The van der Waals surface area contributed by atoms with Crippen LogP contribution >= 0.6 is 0 Å². The zero-order chi connectivity index (χ0) is 19.2. The monoisotopic (exact) mass is 366 g/mol. The van der Waals surface area contributed by atoms with E-state index < -0.39 is 6.10 Å². The summed E-state index contributed by atoms with van der Waals surface area (Å²) in [6.45, 7) is 3.66. The molecule has 1 heterocycles. The number of methoxy groups -OCH3 is 1. The van der Waals surface area contributed by atoms with Gasteiger partial charge in [0.25, 0.3) is 5.91 Å². The summed E-state index contributed by atoms with van der Waals surface area (Å²) in [5.74, 6) is 1.17. The molecule has 0 saturated carbocycles. The van der Waals surface area contributed by atoms with Crippen molar-refractivity contribution in [2.75, 3.05) is 7.11 Å². The van der Waals surface area contributed by atoms with Crippen molar-refractivity contribution in [3.63, 3.8) is 0 Å². The van der Waals surface area contributed by atoms with Gasteiger partial charge in [-0.25, -0.2) is 9.67 Å². The highest BCUT2D eigenvalue weighted by atomic mass is 16.5. The molecule has 0 fully saturated rings. The largest absolute Gasteiger partial charge is 0.497 e. The zero-order valence-electron chi connectivity index (χ0n) is 15.5. The highest BCUT2D eigenvalue weighted by Crippen LogP contribution is 2.19. The van der Waals surface area contributed by atoms with E-state index in [4.69, 9.17) is 9.47 Å². The van der Waals surface area contributed by atoms with Crippen LogP contribution in [-0.4, -0.2) is 33.9 Å². The third kappa shape index (κ3) is 4.63. The van der Waals surface area contributed by atoms with Crippen LogP contribution in [0.15, 0.2) is 61.2 Å². The summed E-state index contributed by atoms with van der Waals surface area (Å²) in [5.41, 5.74) is 1.90. The highest BCUT2D eigenvalue weighted by Gasteiger charge is 2.18. The van der Waals surface area contributed by atoms with Gasteiger partial charge in [-0.3, -0.25) is 4.79 Å². The summed E-state index contributed by atoms with van der Waals surface area (Å²) in [4.78, 5) is 16.4. The van der Waals surface area contributed by atoms with Crippen molar-refractivity contribution in [2.24, 2.45) is 0 Å². The molecule has 0 aliphatic carbocycles. The molecule has 0 spiro atoms. The quantitative estimate of drug-likeness (QED) is 0.696. The minimum Gasteiger partial charge on any atom is -0.497 e. The molecule has 0 saturated heterocycles. The Hall–Kier alpha value is -3.35. The predicted molar refractivity (Wildman–Crippen MR) is 101 cm³/mol. The second kappa shape index (κ2) is 8.35. The number of aromatic nitrogens is 3. The van der Waals surface area contributed by atoms with Crippen molar-refractivity contribution in [1.82, 2.24) is 20.1 Å². The van der Waals surface area contributed by atoms with Crippen LogP contribution in [-0.2, 0) is 4.79 Å². The van der Waals surface area contributed by atoms with Crippen LogP contribution in [0.3, 0.4) is 0 Å². The minimum absolute atomic E-state index is 0.149. The van der Waals surface area contributed by atoms with Gasteiger partial charge in [0.05, 0.1) is 18.8 Å². The Morgan fingerprint density at radius 3 is 2.30 bits per heavy atom. The van der Waals surface area contributed by atoms with E-state index in [1.165, 1.54) is 6.33 Å². The molecule has 7 nitrogen and oxygen atoms in total. The first kappa shape index (κ1) is 18.4. The molecule has 1 N–H and O–H groups in total. The number of nitrogens with one attached hydrogen (secondary N) is 1. The zero-order valence-corrected chi connectivity index (χ0v) is 15.5. The lowest BCUT2D eigenvalue weighted by Gasteiger charge is -2.19. The summed E-state index contributed by atoms with van der Waals surface area (Å²) in [6, 6.07) is 14.8. The maximum absolute atomic E-state index is 12.4. The van der Waals surface area contributed by atoms with Gasteiger partial charge in [-0.2, -0.15) is 5.10 Å². The van der Waals surface area contributed by atoms with Crippen LogP contribution in [0.4, 0.5) is 0 Å². The van der Waals surface area contributed by atoms with Crippen LogP contribution in [0.1, 0.15) is 25.5 Å². The lowest BCUT2D eigenvalue weighted by molar-refractivity contribution is -0.127. The van der Waals surface area contributed by atoms with Crippen molar-refractivity contribution < 1.29 is 14.3 Å². The number of nitrogens with zero attached hydrogens (tertiary/aromatic N) is 3. The van der Waals surface area contributed by atoms with Crippen LogP contribution in [0.25, 0.3) is 5.69 Å². The summed E-state index contributed by atoms with van der Waals surface area (Å²) >= 11 is 0. The van der Waals surface area contributed by atoms with Gasteiger partial charge in [0, 0.05) is 0 Å². The lowest BCUT2D eigenvalue weighted by atomic mass is 10.1. The van der Waals surface area contributed by atoms with Gasteiger partial charge in [0.1, 0.15) is 24.2 Å². The summed E-state index contributed by atoms with van der Waals surface area (Å²) < 4.78 is 12.5. The molecule has 2 atom stereocenters. The standard InChI is InChI=1S/C20H22N4O3/c1-14(16-4-6-17(7-5-16)24-13-21-12-22-24)23-20(25)15(2)27-19-10-8-18(26-3)9-11-19/h4-15H,1-3H3,(H,23,25). The molecule has 1 amide bonds. The van der Waals surface area contributed by atoms with Gasteiger partial charge in [-0.05, 0) is 55.8 Å². The molecular formula is C20H22N4O3. The van der Waals surface area contributed by atoms with E-state index in [2.05, 4.69) is 15.4 Å². The van der Waals surface area contributed by atoms with Crippen molar-refractivity contribution in [2.45, 2.75) is 26.0 Å². The predicted octanol–water partition coefficient (Wildman–Crippen LogP) is 2.92. The molecule has 3 aromatic rings. The van der Waals surface area contributed by atoms with Crippen LogP contribution < -0.4 is 14.8 Å². The second-order valence-electron chi connectivity index (χ2n) is 6.10. The maximum atomic E-state index is 12.4. The molecule has 3 rings (SSSR count). The van der Waals surface area contributed by atoms with Crippen molar-refractivity contribution >= 4 is 5.91 Å². The van der Waals surface area contributed by atoms with E-state index in [9.17, 15) is 4.79 Å². The van der Waals surface area contributed by atoms with E-state index in [0.717, 1.165) is 17.0 Å². The SMILES string of the molecule is COc1ccc(OC(C)C(=O)NC(C)c2ccc(-n3cncn3)cc2)cc1. The number of amides is 1. The summed E-state index contributed by atoms with van der Waals surface area (Å²) in [5, 5.41) is 7.06. The Balaban J connectivity index is 1.57. The number of hydrogen-bond donors (Lipinski definition) is 1. The highest BCUT2D eigenvalue weighted by molar-refractivity contribution is 5.81. The Morgan fingerprint density at radius 1 is 1.04 bits per heavy atom. The van der Waals surface area contributed by atoms with Gasteiger partial charge in [0.2, 0.25) is 0 Å². The first-order chi connectivity index (χ1) is 13.1. The fraction of sp³-hybridized carbons (Fsp3) is 0.250. The van der Waals surface area contributed by atoms with E-state index in [0.29, 0.717) is 5.75 Å². The molecule has 0 aliphatic heterocycles. The number of carbonyl (C=O) groups is 1. The maximum Gasteiger partial charge on any atom is 0.261 e. The molecule has 0 aliphatic rings. The number of benzene rings is 2. The van der Waals surface area contributed by atoms with Gasteiger partial charge in [-0.15, -0.1) is 0 Å². The fourth-order valence-electron chi connectivity index (χ4n) is 2.58. The second-order valence-corrected chi connectivity index (χ2v) is 6.10. The van der Waals surface area contributed by atoms with Crippen molar-refractivity contribution in [3.8, 4) is 17.2 Å². The number of ether oxygens (including phenoxy) is 2. The third-order valence-electron chi connectivity index (χ3n) is 4.18. The molecule has 2 unspecified atom stereocenters. The Morgan fingerprint density at radius 2 is 1.70 bits per heavy atom. The molecule has 2 aromatic carbocycles. The topological polar surface area (TPSA) is 78.3 Å². The molecule has 0 radical (unpaired) electrons. The van der Waals surface area contributed by atoms with E-state index in [-0.39, 0.29) is 11.9 Å². The minimum atomic E-state index is -0.615. The lowest BCUT2D eigenvalue weighted by Crippen LogP contribution is -2.37. The molecule has 7 heteroatoms. The van der Waals surface area contributed by atoms with Crippen molar-refractivity contribution in [1.29, 1.82) is 0 Å². The van der Waals surface area contributed by atoms with Crippen LogP contribution in [0.2, 0.25) is 0 Å². The molecule has 1 aromatic heterocycles. The fourth-order valence-corrected chi connectivity index (χ4v) is 2.58. The molecule has 27 heavy (non-hydrogen) atoms. The number of carbonyl (C=O) groups excluding carboxylic acids is 1.